The summed E-state index contributed by atoms with van der Waals surface area (Å²) >= 11 is 6.08. The molecule has 0 saturated carbocycles. The highest BCUT2D eigenvalue weighted by atomic mass is 35.5. The van der Waals surface area contributed by atoms with Gasteiger partial charge in [0.05, 0.1) is 15.9 Å². The first kappa shape index (κ1) is 19.5. The average Bonchev–Trinajstić information content (AvgIpc) is 3.11. The average molecular weight is 426 g/mol. The number of nitrogens with one attached hydrogen (secondary N) is 2. The van der Waals surface area contributed by atoms with Gasteiger partial charge >= 0.3 is 0 Å². The number of H-pyrrole nitrogens is 1. The number of sulfonamides is 1. The zero-order valence-electron chi connectivity index (χ0n) is 15.8. The number of halogens is 1. The van der Waals surface area contributed by atoms with Crippen LogP contribution in [0, 0.1) is 6.92 Å². The lowest BCUT2D eigenvalue weighted by molar-refractivity contribution is 0.600. The summed E-state index contributed by atoms with van der Waals surface area (Å²) in [6.07, 6.45) is 1.48. The number of anilines is 1. The van der Waals surface area contributed by atoms with Crippen molar-refractivity contribution in [1.82, 2.24) is 9.97 Å². The van der Waals surface area contributed by atoms with Crippen molar-refractivity contribution >= 4 is 38.3 Å². The second-order valence-corrected chi connectivity index (χ2v) is 8.93. The molecule has 0 amide bonds. The van der Waals surface area contributed by atoms with E-state index >= 15 is 0 Å². The van der Waals surface area contributed by atoms with E-state index in [1.54, 1.807) is 31.2 Å². The summed E-state index contributed by atoms with van der Waals surface area (Å²) in [5.41, 5.74) is 4.03. The highest BCUT2D eigenvalue weighted by Gasteiger charge is 2.18. The predicted octanol–water partition coefficient (Wildman–Crippen LogP) is 5.11. The number of imidazole rings is 1. The number of hydrogen-bond acceptors (Lipinski definition) is 3. The molecule has 148 valence electrons. The first-order chi connectivity index (χ1) is 13.9. The molecule has 0 fully saturated rings. The molecule has 1 aromatic heterocycles. The Kier molecular flexibility index (Phi) is 5.30. The monoisotopic (exact) mass is 425 g/mol. The van der Waals surface area contributed by atoms with Crippen LogP contribution >= 0.6 is 11.6 Å². The number of aryl methyl sites for hydroxylation is 2. The van der Waals surface area contributed by atoms with Crippen molar-refractivity contribution < 1.29 is 8.42 Å². The third-order valence-corrected chi connectivity index (χ3v) is 6.71. The quantitative estimate of drug-likeness (QED) is 0.450. The zero-order chi connectivity index (χ0) is 20.4. The van der Waals surface area contributed by atoms with E-state index in [9.17, 15) is 8.42 Å². The molecule has 0 spiro atoms. The third kappa shape index (κ3) is 4.28. The van der Waals surface area contributed by atoms with Crippen molar-refractivity contribution in [2.45, 2.75) is 24.7 Å². The van der Waals surface area contributed by atoms with E-state index in [0.29, 0.717) is 16.3 Å². The van der Waals surface area contributed by atoms with E-state index in [2.05, 4.69) is 14.7 Å². The Morgan fingerprint density at radius 2 is 1.79 bits per heavy atom. The van der Waals surface area contributed by atoms with Crippen LogP contribution in [0.3, 0.4) is 0 Å². The van der Waals surface area contributed by atoms with Crippen molar-refractivity contribution in [2.24, 2.45) is 0 Å². The number of nitrogens with zero attached hydrogens (tertiary/aromatic N) is 1. The van der Waals surface area contributed by atoms with Crippen molar-refractivity contribution in [3.05, 3.63) is 88.7 Å². The van der Waals surface area contributed by atoms with Crippen LogP contribution in [0.25, 0.3) is 11.0 Å². The highest BCUT2D eigenvalue weighted by molar-refractivity contribution is 7.92. The van der Waals surface area contributed by atoms with Crippen LogP contribution < -0.4 is 4.72 Å². The molecular weight excluding hydrogens is 406 g/mol. The Balaban J connectivity index is 1.50. The van der Waals surface area contributed by atoms with Gasteiger partial charge in [0.15, 0.2) is 0 Å². The summed E-state index contributed by atoms with van der Waals surface area (Å²) in [7, 11) is -3.72. The minimum atomic E-state index is -3.72. The fourth-order valence-electron chi connectivity index (χ4n) is 3.27. The second kappa shape index (κ2) is 7.89. The first-order valence-corrected chi connectivity index (χ1v) is 11.1. The van der Waals surface area contributed by atoms with Crippen LogP contribution in [-0.2, 0) is 22.9 Å². The molecule has 4 rings (SSSR count). The van der Waals surface area contributed by atoms with E-state index in [-0.39, 0.29) is 4.90 Å². The van der Waals surface area contributed by atoms with Crippen LogP contribution in [-0.4, -0.2) is 18.4 Å². The maximum atomic E-state index is 12.8. The lowest BCUT2D eigenvalue weighted by atomic mass is 10.1. The van der Waals surface area contributed by atoms with Gasteiger partial charge in [0.1, 0.15) is 5.82 Å². The van der Waals surface area contributed by atoms with Crippen molar-refractivity contribution in [1.29, 1.82) is 0 Å². The van der Waals surface area contributed by atoms with E-state index in [1.165, 1.54) is 0 Å². The molecule has 0 unspecified atom stereocenters. The summed E-state index contributed by atoms with van der Waals surface area (Å²) in [6.45, 7) is 1.70. The van der Waals surface area contributed by atoms with Crippen LogP contribution in [0.5, 0.6) is 0 Å². The molecule has 0 bridgehead atoms. The summed E-state index contributed by atoms with van der Waals surface area (Å²) in [5, 5.41) is 0.424. The molecule has 0 aliphatic heterocycles. The molecule has 29 heavy (non-hydrogen) atoms. The predicted molar refractivity (Wildman–Crippen MR) is 117 cm³/mol. The number of hydrogen-bond donors (Lipinski definition) is 2. The smallest absolute Gasteiger partial charge is 0.262 e. The van der Waals surface area contributed by atoms with Crippen LogP contribution in [0.4, 0.5) is 5.69 Å². The Morgan fingerprint density at radius 1 is 1.00 bits per heavy atom. The molecule has 0 aliphatic carbocycles. The van der Waals surface area contributed by atoms with Crippen LogP contribution in [0.2, 0.25) is 5.02 Å². The van der Waals surface area contributed by atoms with Gasteiger partial charge in [-0.1, -0.05) is 41.9 Å². The first-order valence-electron chi connectivity index (χ1n) is 9.23. The van der Waals surface area contributed by atoms with E-state index in [1.807, 2.05) is 42.5 Å². The topological polar surface area (TPSA) is 74.8 Å². The summed E-state index contributed by atoms with van der Waals surface area (Å²) in [6, 6.07) is 20.2. The fraction of sp³-hybridized carbons (Fsp3) is 0.136. The van der Waals surface area contributed by atoms with Gasteiger partial charge in [-0.05, 0) is 60.9 Å². The minimum Gasteiger partial charge on any atom is -0.342 e. The van der Waals surface area contributed by atoms with Gasteiger partial charge in [-0.25, -0.2) is 13.4 Å². The van der Waals surface area contributed by atoms with Gasteiger partial charge in [0.25, 0.3) is 10.0 Å². The maximum absolute atomic E-state index is 12.8. The van der Waals surface area contributed by atoms with Crippen molar-refractivity contribution in [3.63, 3.8) is 0 Å². The molecule has 5 nitrogen and oxygen atoms in total. The van der Waals surface area contributed by atoms with Crippen LogP contribution in [0.15, 0.2) is 71.6 Å². The Labute approximate surface area is 174 Å². The normalized spacial score (nSPS) is 11.7. The molecule has 0 radical (unpaired) electrons. The van der Waals surface area contributed by atoms with Gasteiger partial charge in [-0.15, -0.1) is 0 Å². The lowest BCUT2D eigenvalue weighted by Crippen LogP contribution is -2.14. The van der Waals surface area contributed by atoms with Gasteiger partial charge < -0.3 is 4.98 Å². The zero-order valence-corrected chi connectivity index (χ0v) is 17.4. The Bertz CT molecular complexity index is 1250. The van der Waals surface area contributed by atoms with E-state index in [0.717, 1.165) is 35.3 Å². The maximum Gasteiger partial charge on any atom is 0.262 e. The Hall–Kier alpha value is -2.83. The fourth-order valence-corrected chi connectivity index (χ4v) is 4.81. The van der Waals surface area contributed by atoms with Gasteiger partial charge in [0, 0.05) is 17.1 Å². The number of rotatable bonds is 6. The number of fused-ring (bicyclic) bond motifs is 1. The summed E-state index contributed by atoms with van der Waals surface area (Å²) < 4.78 is 28.2. The molecule has 0 atom stereocenters. The molecule has 7 heteroatoms. The standard InChI is InChI=1S/C22H20ClN3O2S/c1-15-18(23)8-5-11-21(15)29(27,28)26-17-7-4-6-16(14-17)12-13-22-24-19-9-2-3-10-20(19)25-22/h2-11,14,26H,12-13H2,1H3,(H,24,25). The van der Waals surface area contributed by atoms with Crippen molar-refractivity contribution in [2.75, 3.05) is 4.72 Å². The minimum absolute atomic E-state index is 0.178. The number of aromatic amines is 1. The van der Waals surface area contributed by atoms with Gasteiger partial charge in [-0.2, -0.15) is 0 Å². The second-order valence-electron chi connectivity index (χ2n) is 6.87. The summed E-state index contributed by atoms with van der Waals surface area (Å²) in [5.74, 6) is 0.909. The highest BCUT2D eigenvalue weighted by Crippen LogP contribution is 2.25. The molecule has 4 aromatic rings. The largest absolute Gasteiger partial charge is 0.342 e. The molecule has 0 aliphatic rings. The molecular formula is C22H20ClN3O2S. The lowest BCUT2D eigenvalue weighted by Gasteiger charge is -2.12. The number of benzene rings is 3. The Morgan fingerprint density at radius 3 is 2.62 bits per heavy atom. The van der Waals surface area contributed by atoms with Crippen molar-refractivity contribution in [3.8, 4) is 0 Å². The molecule has 3 aromatic carbocycles. The SMILES string of the molecule is Cc1c(Cl)cccc1S(=O)(=O)Nc1cccc(CCc2nc3ccccc3[nH]2)c1. The molecule has 1 heterocycles. The van der Waals surface area contributed by atoms with Gasteiger partial charge in [0.2, 0.25) is 0 Å². The molecule has 2 N–H and O–H groups in total. The van der Waals surface area contributed by atoms with Crippen LogP contribution in [0.1, 0.15) is 17.0 Å². The number of aromatic nitrogens is 2. The van der Waals surface area contributed by atoms with E-state index < -0.39 is 10.0 Å². The third-order valence-electron chi connectivity index (χ3n) is 4.78. The van der Waals surface area contributed by atoms with E-state index in [4.69, 9.17) is 11.6 Å². The van der Waals surface area contributed by atoms with Gasteiger partial charge in [-0.3, -0.25) is 4.72 Å². The molecule has 0 saturated heterocycles. The summed E-state index contributed by atoms with van der Waals surface area (Å²) in [4.78, 5) is 8.08. The number of para-hydroxylation sites is 2.